The summed E-state index contributed by atoms with van der Waals surface area (Å²) >= 11 is 0. The molecule has 1 aromatic carbocycles. The summed E-state index contributed by atoms with van der Waals surface area (Å²) in [7, 11) is 0. The number of amides is 2. The maximum absolute atomic E-state index is 12.3. The Balaban J connectivity index is 1.80. The molecule has 21 heavy (non-hydrogen) atoms. The number of hydrogen-bond acceptors (Lipinski definition) is 4. The van der Waals surface area contributed by atoms with Gasteiger partial charge in [0.1, 0.15) is 5.69 Å². The van der Waals surface area contributed by atoms with Gasteiger partial charge in [0.25, 0.3) is 11.8 Å². The Labute approximate surface area is 121 Å². The zero-order chi connectivity index (χ0) is 14.8. The van der Waals surface area contributed by atoms with Gasteiger partial charge in [0.05, 0.1) is 12.2 Å². The summed E-state index contributed by atoms with van der Waals surface area (Å²) in [5.41, 5.74) is 4.67. The Hall–Kier alpha value is -2.73. The zero-order valence-corrected chi connectivity index (χ0v) is 11.2. The molecule has 0 saturated carbocycles. The summed E-state index contributed by atoms with van der Waals surface area (Å²) in [6.07, 6.45) is 0. The van der Waals surface area contributed by atoms with Gasteiger partial charge in [0, 0.05) is 12.1 Å². The fourth-order valence-electron chi connectivity index (χ4n) is 2.41. The van der Waals surface area contributed by atoms with Crippen molar-refractivity contribution in [3.8, 4) is 0 Å². The first kappa shape index (κ1) is 13.3. The van der Waals surface area contributed by atoms with Crippen molar-refractivity contribution in [2.75, 3.05) is 0 Å². The molecular weight excluding hydrogens is 268 g/mol. The Morgan fingerprint density at radius 1 is 1.24 bits per heavy atom. The minimum atomic E-state index is -0.451. The van der Waals surface area contributed by atoms with E-state index >= 15 is 0 Å². The standard InChI is InChI=1S/C15H14N4O2/c16-18-14(20)13-7-3-5-11(17-13)9-19-8-10-4-1-2-6-12(10)15(19)21/h1-7H,8-9,16H2,(H,18,20). The number of aromatic nitrogens is 1. The van der Waals surface area contributed by atoms with E-state index < -0.39 is 5.91 Å². The molecule has 2 aromatic rings. The van der Waals surface area contributed by atoms with Crippen LogP contribution in [-0.4, -0.2) is 21.7 Å². The fourth-order valence-corrected chi connectivity index (χ4v) is 2.41. The van der Waals surface area contributed by atoms with E-state index in [1.807, 2.05) is 29.7 Å². The molecule has 0 saturated heterocycles. The molecule has 0 atom stereocenters. The maximum Gasteiger partial charge on any atom is 0.283 e. The van der Waals surface area contributed by atoms with Crippen LogP contribution in [0.4, 0.5) is 0 Å². The molecule has 0 spiro atoms. The van der Waals surface area contributed by atoms with E-state index in [0.29, 0.717) is 18.8 Å². The fraction of sp³-hybridized carbons (Fsp3) is 0.133. The van der Waals surface area contributed by atoms with Crippen LogP contribution in [-0.2, 0) is 13.1 Å². The monoisotopic (exact) mass is 282 g/mol. The first-order valence-electron chi connectivity index (χ1n) is 6.53. The summed E-state index contributed by atoms with van der Waals surface area (Å²) in [6.45, 7) is 0.920. The highest BCUT2D eigenvalue weighted by Gasteiger charge is 2.27. The van der Waals surface area contributed by atoms with Gasteiger partial charge >= 0.3 is 0 Å². The minimum Gasteiger partial charge on any atom is -0.328 e. The van der Waals surface area contributed by atoms with Gasteiger partial charge in [-0.25, -0.2) is 10.8 Å². The third-order valence-corrected chi connectivity index (χ3v) is 3.42. The van der Waals surface area contributed by atoms with Gasteiger partial charge in [-0.05, 0) is 23.8 Å². The van der Waals surface area contributed by atoms with Crippen LogP contribution < -0.4 is 11.3 Å². The normalized spacial score (nSPS) is 13.2. The first-order valence-corrected chi connectivity index (χ1v) is 6.53. The van der Waals surface area contributed by atoms with Crippen molar-refractivity contribution in [1.82, 2.24) is 15.3 Å². The molecule has 2 amide bonds. The van der Waals surface area contributed by atoms with Gasteiger partial charge in [-0.3, -0.25) is 15.0 Å². The number of hydrogen-bond donors (Lipinski definition) is 2. The summed E-state index contributed by atoms with van der Waals surface area (Å²) in [5, 5.41) is 0. The third-order valence-electron chi connectivity index (χ3n) is 3.42. The lowest BCUT2D eigenvalue weighted by molar-refractivity contribution is 0.0764. The number of rotatable bonds is 3. The Kier molecular flexibility index (Phi) is 3.37. The lowest BCUT2D eigenvalue weighted by Gasteiger charge is -2.15. The van der Waals surface area contributed by atoms with Crippen molar-refractivity contribution < 1.29 is 9.59 Å². The smallest absolute Gasteiger partial charge is 0.283 e. The van der Waals surface area contributed by atoms with E-state index in [1.54, 1.807) is 23.1 Å². The van der Waals surface area contributed by atoms with Crippen LogP contribution in [0.3, 0.4) is 0 Å². The molecule has 0 radical (unpaired) electrons. The van der Waals surface area contributed by atoms with Crippen molar-refractivity contribution in [3.05, 3.63) is 65.0 Å². The number of hydrazine groups is 1. The van der Waals surface area contributed by atoms with Crippen molar-refractivity contribution in [2.45, 2.75) is 13.1 Å². The second kappa shape index (κ2) is 5.34. The number of nitrogens with two attached hydrogens (primary N) is 1. The number of nitrogens with one attached hydrogen (secondary N) is 1. The molecule has 1 aliphatic heterocycles. The van der Waals surface area contributed by atoms with Crippen LogP contribution >= 0.6 is 0 Å². The molecule has 0 fully saturated rings. The molecule has 0 bridgehead atoms. The Bertz CT molecular complexity index is 714. The van der Waals surface area contributed by atoms with Gasteiger partial charge in [0.15, 0.2) is 0 Å². The quantitative estimate of drug-likeness (QED) is 0.496. The molecule has 6 heteroatoms. The Morgan fingerprint density at radius 3 is 2.81 bits per heavy atom. The number of pyridine rings is 1. The average Bonchev–Trinajstić information content (AvgIpc) is 2.83. The van der Waals surface area contributed by atoms with Crippen LogP contribution in [0.5, 0.6) is 0 Å². The number of benzene rings is 1. The topological polar surface area (TPSA) is 88.3 Å². The molecule has 3 rings (SSSR count). The van der Waals surface area contributed by atoms with Gasteiger partial charge in [0.2, 0.25) is 0 Å². The summed E-state index contributed by atoms with van der Waals surface area (Å²) < 4.78 is 0. The molecule has 1 aliphatic rings. The van der Waals surface area contributed by atoms with Crippen LogP contribution in [0.25, 0.3) is 0 Å². The van der Waals surface area contributed by atoms with Crippen LogP contribution in [0.15, 0.2) is 42.5 Å². The second-order valence-corrected chi connectivity index (χ2v) is 4.81. The number of carbonyl (C=O) groups excluding carboxylic acids is 2. The number of nitrogen functional groups attached to an aromatic ring is 1. The van der Waals surface area contributed by atoms with Crippen LogP contribution in [0.1, 0.15) is 32.1 Å². The predicted octanol–water partition coefficient (Wildman–Crippen LogP) is 0.841. The molecular formula is C15H14N4O2. The summed E-state index contributed by atoms with van der Waals surface area (Å²) in [4.78, 5) is 29.7. The molecule has 1 aromatic heterocycles. The molecule has 0 aliphatic carbocycles. The van der Waals surface area contributed by atoms with Gasteiger partial charge in [-0.15, -0.1) is 0 Å². The largest absolute Gasteiger partial charge is 0.328 e. The number of fused-ring (bicyclic) bond motifs is 1. The molecule has 3 N–H and O–H groups in total. The van der Waals surface area contributed by atoms with E-state index in [0.717, 1.165) is 11.1 Å². The summed E-state index contributed by atoms with van der Waals surface area (Å²) in [6, 6.07) is 12.6. The van der Waals surface area contributed by atoms with Gasteiger partial charge in [-0.2, -0.15) is 0 Å². The molecule has 0 unspecified atom stereocenters. The third kappa shape index (κ3) is 2.48. The van der Waals surface area contributed by atoms with E-state index in [-0.39, 0.29) is 11.6 Å². The summed E-state index contributed by atoms with van der Waals surface area (Å²) in [5.74, 6) is 4.63. The van der Waals surface area contributed by atoms with Gasteiger partial charge in [-0.1, -0.05) is 24.3 Å². The first-order chi connectivity index (χ1) is 10.2. The predicted molar refractivity (Wildman–Crippen MR) is 75.9 cm³/mol. The SMILES string of the molecule is NNC(=O)c1cccc(CN2Cc3ccccc3C2=O)n1. The van der Waals surface area contributed by atoms with Crippen molar-refractivity contribution in [1.29, 1.82) is 0 Å². The second-order valence-electron chi connectivity index (χ2n) is 4.81. The van der Waals surface area contributed by atoms with Gasteiger partial charge < -0.3 is 4.90 Å². The van der Waals surface area contributed by atoms with E-state index in [4.69, 9.17) is 5.84 Å². The number of nitrogens with zero attached hydrogens (tertiary/aromatic N) is 2. The number of carbonyl (C=O) groups is 2. The average molecular weight is 282 g/mol. The molecule has 6 nitrogen and oxygen atoms in total. The van der Waals surface area contributed by atoms with Crippen molar-refractivity contribution in [3.63, 3.8) is 0 Å². The van der Waals surface area contributed by atoms with E-state index in [9.17, 15) is 9.59 Å². The van der Waals surface area contributed by atoms with Crippen LogP contribution in [0, 0.1) is 0 Å². The highest BCUT2D eigenvalue weighted by atomic mass is 16.2. The highest BCUT2D eigenvalue weighted by molar-refractivity contribution is 5.98. The lowest BCUT2D eigenvalue weighted by Crippen LogP contribution is -2.31. The zero-order valence-electron chi connectivity index (χ0n) is 11.2. The van der Waals surface area contributed by atoms with Crippen molar-refractivity contribution in [2.24, 2.45) is 5.84 Å². The van der Waals surface area contributed by atoms with Crippen LogP contribution in [0.2, 0.25) is 0 Å². The lowest BCUT2D eigenvalue weighted by atomic mass is 10.1. The molecule has 106 valence electrons. The van der Waals surface area contributed by atoms with E-state index in [1.165, 1.54) is 0 Å². The Morgan fingerprint density at radius 2 is 2.05 bits per heavy atom. The highest BCUT2D eigenvalue weighted by Crippen LogP contribution is 2.23. The minimum absolute atomic E-state index is 0.0129. The maximum atomic E-state index is 12.3. The molecule has 2 heterocycles. The van der Waals surface area contributed by atoms with Crippen molar-refractivity contribution >= 4 is 11.8 Å². The van der Waals surface area contributed by atoms with E-state index in [2.05, 4.69) is 4.98 Å².